The molecule has 2 aliphatic carbocycles. The van der Waals surface area contributed by atoms with Gasteiger partial charge in [0.05, 0.1) is 28.1 Å². The van der Waals surface area contributed by atoms with Crippen LogP contribution in [-0.2, 0) is 20.5 Å². The van der Waals surface area contributed by atoms with Gasteiger partial charge >= 0.3 is 12.1 Å². The van der Waals surface area contributed by atoms with E-state index in [1.165, 1.54) is 12.1 Å². The van der Waals surface area contributed by atoms with Crippen LogP contribution in [0.15, 0.2) is 42.5 Å². The molecule has 5 rings (SSSR count). The molecular weight excluding hydrogens is 461 g/mol. The van der Waals surface area contributed by atoms with Crippen molar-refractivity contribution in [2.45, 2.75) is 25.1 Å². The van der Waals surface area contributed by atoms with Gasteiger partial charge in [0, 0.05) is 17.2 Å². The van der Waals surface area contributed by atoms with Crippen molar-refractivity contribution in [2.75, 3.05) is 10.6 Å². The number of amides is 2. The van der Waals surface area contributed by atoms with E-state index in [0.29, 0.717) is 12.1 Å². The summed E-state index contributed by atoms with van der Waals surface area (Å²) in [7, 11) is 0. The lowest BCUT2D eigenvalue weighted by Crippen LogP contribution is -2.35. The predicted octanol–water partition coefficient (Wildman–Crippen LogP) is 4.75. The Labute approximate surface area is 191 Å². The maximum atomic E-state index is 13.0. The molecule has 6 nitrogen and oxygen atoms in total. The molecule has 5 atom stereocenters. The molecule has 2 bridgehead atoms. The van der Waals surface area contributed by atoms with Gasteiger partial charge in [-0.3, -0.25) is 14.4 Å². The van der Waals surface area contributed by atoms with E-state index in [1.54, 1.807) is 12.1 Å². The number of ether oxygens (including phenoxy) is 1. The molecule has 3 fully saturated rings. The second-order valence-corrected chi connectivity index (χ2v) is 9.05. The lowest BCUT2D eigenvalue weighted by atomic mass is 9.79. The molecule has 33 heavy (non-hydrogen) atoms. The van der Waals surface area contributed by atoms with Crippen molar-refractivity contribution in [1.82, 2.24) is 0 Å². The van der Waals surface area contributed by atoms with Crippen LogP contribution in [0.5, 0.6) is 0 Å². The maximum Gasteiger partial charge on any atom is 0.416 e. The van der Waals surface area contributed by atoms with Crippen molar-refractivity contribution >= 4 is 40.8 Å². The van der Waals surface area contributed by atoms with Crippen LogP contribution in [0.3, 0.4) is 0 Å². The first-order valence-electron chi connectivity index (χ1n) is 10.4. The Morgan fingerprint density at radius 2 is 1.85 bits per heavy atom. The summed E-state index contributed by atoms with van der Waals surface area (Å²) in [6.07, 6.45) is -3.18. The van der Waals surface area contributed by atoms with Crippen molar-refractivity contribution in [3.8, 4) is 0 Å². The number of carbonyl (C=O) groups excluding carboxylic acids is 3. The number of esters is 1. The van der Waals surface area contributed by atoms with E-state index in [9.17, 15) is 27.6 Å². The molecule has 2 N–H and O–H groups in total. The minimum Gasteiger partial charge on any atom is -0.462 e. The van der Waals surface area contributed by atoms with Gasteiger partial charge in [-0.15, -0.1) is 0 Å². The zero-order chi connectivity index (χ0) is 23.5. The number of halogens is 4. The fourth-order valence-electron chi connectivity index (χ4n) is 5.32. The summed E-state index contributed by atoms with van der Waals surface area (Å²) in [5, 5.41) is 5.11. The quantitative estimate of drug-likeness (QED) is 0.621. The standard InChI is InChI=1S/C23H18ClF3N2O4/c24-15-5-4-12(23(25,26)27)9-16(15)29-20(30)10-2-1-3-13(6-10)28-21(31)18-11-7-14-17(8-11)33-22(32)19(14)18/h1-6,9,11,14,17-19H,7-8H2,(H,28,31)(H,29,30)/t11-,14+,17-,18-,19+/m0/s1. The van der Waals surface area contributed by atoms with Gasteiger partial charge in [-0.25, -0.2) is 0 Å². The van der Waals surface area contributed by atoms with E-state index >= 15 is 0 Å². The number of hydrogen-bond donors (Lipinski definition) is 2. The minimum absolute atomic E-state index is 0.0427. The Kier molecular flexibility index (Phi) is 5.12. The van der Waals surface area contributed by atoms with E-state index in [4.69, 9.17) is 16.3 Å². The molecule has 1 saturated heterocycles. The van der Waals surface area contributed by atoms with Crippen LogP contribution >= 0.6 is 11.6 Å². The SMILES string of the molecule is O=C(Nc1cc(C(F)(F)F)ccc1Cl)c1cccc(NC(=O)[C@H]2[C@H]3C[C@H]4[C@H]2C(=O)O[C@H]4C3)c1. The number of alkyl halides is 3. The van der Waals surface area contributed by atoms with Crippen LogP contribution in [0.1, 0.15) is 28.8 Å². The molecule has 1 aliphatic heterocycles. The molecule has 1 heterocycles. The summed E-state index contributed by atoms with van der Waals surface area (Å²) in [5.74, 6) is -2.03. The smallest absolute Gasteiger partial charge is 0.416 e. The van der Waals surface area contributed by atoms with Gasteiger partial charge in [-0.1, -0.05) is 17.7 Å². The molecule has 3 aliphatic rings. The summed E-state index contributed by atoms with van der Waals surface area (Å²) >= 11 is 5.95. The first-order valence-corrected chi connectivity index (χ1v) is 10.8. The molecule has 10 heteroatoms. The van der Waals surface area contributed by atoms with Crippen LogP contribution in [0.4, 0.5) is 24.5 Å². The van der Waals surface area contributed by atoms with E-state index in [1.807, 2.05) is 0 Å². The third-order valence-corrected chi connectivity index (χ3v) is 7.05. The molecule has 2 saturated carbocycles. The van der Waals surface area contributed by atoms with Gasteiger partial charge in [-0.05, 0) is 55.2 Å². The highest BCUT2D eigenvalue weighted by molar-refractivity contribution is 6.34. The third kappa shape index (κ3) is 3.84. The number of nitrogens with one attached hydrogen (secondary N) is 2. The number of benzene rings is 2. The van der Waals surface area contributed by atoms with E-state index in [2.05, 4.69) is 10.6 Å². The Balaban J connectivity index is 1.30. The second-order valence-electron chi connectivity index (χ2n) is 8.64. The second kappa shape index (κ2) is 7.76. The molecule has 0 radical (unpaired) electrons. The Bertz CT molecular complexity index is 1170. The van der Waals surface area contributed by atoms with E-state index < -0.39 is 29.5 Å². The van der Waals surface area contributed by atoms with Crippen molar-refractivity contribution in [1.29, 1.82) is 0 Å². The van der Waals surface area contributed by atoms with Crippen molar-refractivity contribution in [2.24, 2.45) is 23.7 Å². The van der Waals surface area contributed by atoms with Gasteiger partial charge in [0.1, 0.15) is 6.10 Å². The molecular formula is C23H18ClF3N2O4. The fraction of sp³-hybridized carbons (Fsp3) is 0.348. The van der Waals surface area contributed by atoms with Crippen LogP contribution in [0.25, 0.3) is 0 Å². The number of anilines is 2. The number of hydrogen-bond acceptors (Lipinski definition) is 4. The summed E-state index contributed by atoms with van der Waals surface area (Å²) in [6, 6.07) is 8.65. The zero-order valence-corrected chi connectivity index (χ0v) is 17.7. The maximum absolute atomic E-state index is 13.0. The third-order valence-electron chi connectivity index (χ3n) is 6.72. The number of carbonyl (C=O) groups is 3. The van der Waals surface area contributed by atoms with E-state index in [0.717, 1.165) is 24.6 Å². The Hall–Kier alpha value is -3.07. The Morgan fingerprint density at radius 3 is 2.61 bits per heavy atom. The van der Waals surface area contributed by atoms with Gasteiger partial charge in [0.25, 0.3) is 5.91 Å². The first kappa shape index (κ1) is 21.8. The number of fused-ring (bicyclic) bond motifs is 1. The van der Waals surface area contributed by atoms with Crippen LogP contribution < -0.4 is 10.6 Å². The molecule has 2 amide bonds. The lowest BCUT2D eigenvalue weighted by molar-refractivity contribution is -0.145. The average Bonchev–Trinajstić information content (AvgIpc) is 3.37. The monoisotopic (exact) mass is 478 g/mol. The highest BCUT2D eigenvalue weighted by atomic mass is 35.5. The lowest BCUT2D eigenvalue weighted by Gasteiger charge is -2.23. The van der Waals surface area contributed by atoms with Crippen LogP contribution in [0, 0.1) is 23.7 Å². The van der Waals surface area contributed by atoms with Gasteiger partial charge < -0.3 is 15.4 Å². The van der Waals surface area contributed by atoms with Crippen LogP contribution in [0.2, 0.25) is 5.02 Å². The van der Waals surface area contributed by atoms with Crippen molar-refractivity contribution < 1.29 is 32.3 Å². The summed E-state index contributed by atoms with van der Waals surface area (Å²) < 4.78 is 44.3. The minimum atomic E-state index is -4.58. The molecule has 2 aromatic carbocycles. The largest absolute Gasteiger partial charge is 0.462 e. The molecule has 0 unspecified atom stereocenters. The van der Waals surface area contributed by atoms with Crippen LogP contribution in [-0.4, -0.2) is 23.9 Å². The summed E-state index contributed by atoms with van der Waals surface area (Å²) in [5.41, 5.74) is -0.660. The molecule has 0 aromatic heterocycles. The van der Waals surface area contributed by atoms with E-state index in [-0.39, 0.29) is 46.1 Å². The van der Waals surface area contributed by atoms with Gasteiger partial charge in [0.15, 0.2) is 0 Å². The van der Waals surface area contributed by atoms with Gasteiger partial charge in [-0.2, -0.15) is 13.2 Å². The molecule has 172 valence electrons. The fourth-order valence-corrected chi connectivity index (χ4v) is 5.48. The molecule has 0 spiro atoms. The average molecular weight is 479 g/mol. The molecule has 2 aromatic rings. The van der Waals surface area contributed by atoms with Crippen molar-refractivity contribution in [3.05, 3.63) is 58.6 Å². The summed E-state index contributed by atoms with van der Waals surface area (Å²) in [6.45, 7) is 0. The highest BCUT2D eigenvalue weighted by Crippen LogP contribution is 2.57. The summed E-state index contributed by atoms with van der Waals surface area (Å²) in [4.78, 5) is 37.7. The topological polar surface area (TPSA) is 84.5 Å². The predicted molar refractivity (Wildman–Crippen MR) is 113 cm³/mol. The van der Waals surface area contributed by atoms with Gasteiger partial charge in [0.2, 0.25) is 5.91 Å². The van der Waals surface area contributed by atoms with Crippen molar-refractivity contribution in [3.63, 3.8) is 0 Å². The zero-order valence-electron chi connectivity index (χ0n) is 17.0. The Morgan fingerprint density at radius 1 is 1.06 bits per heavy atom. The number of rotatable bonds is 4. The first-order chi connectivity index (χ1) is 15.6. The highest BCUT2D eigenvalue weighted by Gasteiger charge is 2.63. The normalized spacial score (nSPS) is 27.4.